The molecule has 2 aromatic heterocycles. The van der Waals surface area contributed by atoms with Crippen molar-refractivity contribution in [3.63, 3.8) is 0 Å². The first-order valence-corrected chi connectivity index (χ1v) is 22.0. The molecule has 2 heterocycles. The summed E-state index contributed by atoms with van der Waals surface area (Å²) < 4.78 is 13.2. The van der Waals surface area contributed by atoms with Gasteiger partial charge in [-0.05, 0) is 110 Å². The minimum absolute atomic E-state index is 0.657. The predicted octanol–water partition coefficient (Wildman–Crippen LogP) is 16.6. The van der Waals surface area contributed by atoms with E-state index in [2.05, 4.69) is 223 Å². The first-order valence-electron chi connectivity index (χ1n) is 22.0. The molecule has 14 rings (SSSR count). The number of benzene rings is 10. The van der Waals surface area contributed by atoms with E-state index in [9.17, 15) is 0 Å². The lowest BCUT2D eigenvalue weighted by molar-refractivity contribution is 0.668. The van der Waals surface area contributed by atoms with Gasteiger partial charge in [0.25, 0.3) is 0 Å². The van der Waals surface area contributed by atoms with Gasteiger partial charge >= 0.3 is 0 Å². The highest BCUT2D eigenvalue weighted by atomic mass is 16.3. The molecule has 3 nitrogen and oxygen atoms in total. The molecule has 1 spiro atoms. The second-order valence-corrected chi connectivity index (χ2v) is 17.0. The predicted molar refractivity (Wildman–Crippen MR) is 263 cm³/mol. The number of para-hydroxylation sites is 3. The van der Waals surface area contributed by atoms with Crippen LogP contribution in [0, 0.1) is 0 Å². The van der Waals surface area contributed by atoms with Gasteiger partial charge < -0.3 is 13.7 Å². The fraction of sp³-hybridized carbons (Fsp3) is 0.0164. The zero-order valence-electron chi connectivity index (χ0n) is 34.6. The zero-order chi connectivity index (χ0) is 41.9. The Morgan fingerprint density at radius 3 is 1.59 bits per heavy atom. The van der Waals surface area contributed by atoms with E-state index < -0.39 is 5.41 Å². The summed E-state index contributed by atoms with van der Waals surface area (Å²) in [5, 5.41) is 4.46. The quantitative estimate of drug-likeness (QED) is 0.177. The van der Waals surface area contributed by atoms with Crippen LogP contribution in [0.15, 0.2) is 233 Å². The first kappa shape index (κ1) is 35.2. The third-order valence-corrected chi connectivity index (χ3v) is 13.9. The van der Waals surface area contributed by atoms with Gasteiger partial charge in [-0.3, -0.25) is 0 Å². The van der Waals surface area contributed by atoms with Crippen LogP contribution in [0.1, 0.15) is 22.3 Å². The first-order chi connectivity index (χ1) is 31.8. The van der Waals surface area contributed by atoms with Crippen molar-refractivity contribution in [2.45, 2.75) is 5.41 Å². The molecule has 2 aliphatic carbocycles. The van der Waals surface area contributed by atoms with Crippen LogP contribution in [0.5, 0.6) is 0 Å². The van der Waals surface area contributed by atoms with Gasteiger partial charge in [0.05, 0.1) is 22.2 Å². The van der Waals surface area contributed by atoms with Crippen LogP contribution in [0.3, 0.4) is 0 Å². The molecule has 3 heteroatoms. The van der Waals surface area contributed by atoms with E-state index in [1.54, 1.807) is 0 Å². The topological polar surface area (TPSA) is 29.5 Å². The van der Waals surface area contributed by atoms with Gasteiger partial charge in [-0.2, -0.15) is 0 Å². The summed E-state index contributed by atoms with van der Waals surface area (Å²) in [6, 6.07) is 81.8. The molecule has 1 atom stereocenters. The van der Waals surface area contributed by atoms with Gasteiger partial charge in [0, 0.05) is 27.4 Å². The number of fused-ring (bicyclic) bond motifs is 19. The number of anilines is 3. The minimum Gasteiger partial charge on any atom is -0.456 e. The van der Waals surface area contributed by atoms with Gasteiger partial charge in [-0.25, -0.2) is 0 Å². The van der Waals surface area contributed by atoms with Gasteiger partial charge in [-0.15, -0.1) is 0 Å². The molecule has 0 amide bonds. The highest BCUT2D eigenvalue weighted by Gasteiger charge is 2.50. The SMILES string of the molecule is c1ccc(-c2ccccc2N(c2ccc3c(c2)-c2ccccc2-c2ccccc2C32c3ccccc3-c3c2ccc2oc4ccccc4c32)c2cccc3oc4ccccc4c23)cc1. The van der Waals surface area contributed by atoms with Crippen LogP contribution in [0.25, 0.3) is 88.4 Å². The normalized spacial score (nSPS) is 14.6. The summed E-state index contributed by atoms with van der Waals surface area (Å²) in [5.41, 5.74) is 20.7. The Bertz CT molecular complexity index is 3870. The molecule has 2 aliphatic rings. The van der Waals surface area contributed by atoms with Crippen molar-refractivity contribution in [3.8, 4) is 44.5 Å². The van der Waals surface area contributed by atoms with E-state index in [4.69, 9.17) is 8.83 Å². The van der Waals surface area contributed by atoms with Crippen LogP contribution in [0.2, 0.25) is 0 Å². The number of hydrogen-bond acceptors (Lipinski definition) is 3. The molecule has 10 aromatic carbocycles. The Hall–Kier alpha value is -8.40. The van der Waals surface area contributed by atoms with Crippen molar-refractivity contribution in [3.05, 3.63) is 247 Å². The second-order valence-electron chi connectivity index (χ2n) is 17.0. The zero-order valence-corrected chi connectivity index (χ0v) is 34.6. The Labute approximate surface area is 369 Å². The summed E-state index contributed by atoms with van der Waals surface area (Å²) in [5.74, 6) is 0. The van der Waals surface area contributed by atoms with E-state index in [0.29, 0.717) is 0 Å². The standard InChI is InChI=1S/C61H37NO2/c1-2-17-38(18-3-1)40-19-8-13-28-52(40)62(53-29-16-32-56-59(53)45-24-9-14-30-54(45)63-56)39-33-34-50-47(37-39)42-21-5-4-20-41(42)43-22-6-11-26-48(43)61(50)49-27-12-7-23-44(49)58-51(61)35-36-57-60(58)46-25-10-15-31-55(46)64-57/h1-37H. The summed E-state index contributed by atoms with van der Waals surface area (Å²) in [4.78, 5) is 2.46. The largest absolute Gasteiger partial charge is 0.456 e. The lowest BCUT2D eigenvalue weighted by Crippen LogP contribution is -2.29. The minimum atomic E-state index is -0.657. The monoisotopic (exact) mass is 815 g/mol. The highest BCUT2D eigenvalue weighted by Crippen LogP contribution is 2.63. The Kier molecular flexibility index (Phi) is 7.32. The molecule has 0 saturated carbocycles. The molecule has 0 fully saturated rings. The van der Waals surface area contributed by atoms with E-state index in [-0.39, 0.29) is 0 Å². The van der Waals surface area contributed by atoms with E-state index >= 15 is 0 Å². The van der Waals surface area contributed by atoms with Crippen LogP contribution < -0.4 is 4.90 Å². The Morgan fingerprint density at radius 2 is 0.828 bits per heavy atom. The maximum atomic E-state index is 6.59. The maximum absolute atomic E-state index is 6.59. The van der Waals surface area contributed by atoms with Crippen molar-refractivity contribution in [2.75, 3.05) is 4.90 Å². The van der Waals surface area contributed by atoms with E-state index in [0.717, 1.165) is 66.7 Å². The Balaban J connectivity index is 1.12. The van der Waals surface area contributed by atoms with E-state index in [1.807, 2.05) is 6.07 Å². The fourth-order valence-electron chi connectivity index (χ4n) is 11.4. The smallest absolute Gasteiger partial charge is 0.137 e. The summed E-state index contributed by atoms with van der Waals surface area (Å²) in [7, 11) is 0. The molecule has 0 bridgehead atoms. The van der Waals surface area contributed by atoms with E-state index in [1.165, 1.54) is 61.0 Å². The number of nitrogens with zero attached hydrogens (tertiary/aromatic N) is 1. The van der Waals surface area contributed by atoms with Crippen LogP contribution >= 0.6 is 0 Å². The molecule has 298 valence electrons. The Morgan fingerprint density at radius 1 is 0.312 bits per heavy atom. The lowest BCUT2D eigenvalue weighted by Gasteiger charge is -2.36. The molecule has 0 radical (unpaired) electrons. The van der Waals surface area contributed by atoms with Gasteiger partial charge in [0.1, 0.15) is 22.3 Å². The third kappa shape index (κ3) is 4.70. The number of rotatable bonds is 4. The van der Waals surface area contributed by atoms with Crippen molar-refractivity contribution < 1.29 is 8.83 Å². The van der Waals surface area contributed by atoms with Gasteiger partial charge in [-0.1, -0.05) is 176 Å². The van der Waals surface area contributed by atoms with Crippen molar-refractivity contribution in [1.82, 2.24) is 0 Å². The second kappa shape index (κ2) is 13.3. The van der Waals surface area contributed by atoms with Crippen molar-refractivity contribution in [2.24, 2.45) is 0 Å². The highest BCUT2D eigenvalue weighted by molar-refractivity contribution is 6.17. The lowest BCUT2D eigenvalue weighted by atomic mass is 9.66. The van der Waals surface area contributed by atoms with Crippen molar-refractivity contribution >= 4 is 60.9 Å². The maximum Gasteiger partial charge on any atom is 0.137 e. The van der Waals surface area contributed by atoms with Gasteiger partial charge in [0.15, 0.2) is 0 Å². The fourth-order valence-corrected chi connectivity index (χ4v) is 11.4. The van der Waals surface area contributed by atoms with Crippen LogP contribution in [-0.4, -0.2) is 0 Å². The molecule has 0 saturated heterocycles. The molecule has 0 N–H and O–H groups in total. The number of furan rings is 2. The summed E-state index contributed by atoms with van der Waals surface area (Å²) in [6.07, 6.45) is 0. The summed E-state index contributed by atoms with van der Waals surface area (Å²) >= 11 is 0. The average Bonchev–Trinajstić information content (AvgIpc) is 4.01. The molecular weight excluding hydrogens is 779 g/mol. The van der Waals surface area contributed by atoms with Crippen LogP contribution in [0.4, 0.5) is 17.1 Å². The summed E-state index contributed by atoms with van der Waals surface area (Å²) in [6.45, 7) is 0. The number of hydrogen-bond donors (Lipinski definition) is 0. The molecule has 12 aromatic rings. The van der Waals surface area contributed by atoms with Crippen molar-refractivity contribution in [1.29, 1.82) is 0 Å². The molecule has 0 aliphatic heterocycles. The molecule has 64 heavy (non-hydrogen) atoms. The molecular formula is C61H37NO2. The third-order valence-electron chi connectivity index (χ3n) is 13.9. The average molecular weight is 816 g/mol. The molecule has 1 unspecified atom stereocenters. The van der Waals surface area contributed by atoms with Crippen LogP contribution in [-0.2, 0) is 5.41 Å². The van der Waals surface area contributed by atoms with Gasteiger partial charge in [0.2, 0.25) is 0 Å².